The van der Waals surface area contributed by atoms with E-state index in [2.05, 4.69) is 0 Å². The minimum absolute atomic E-state index is 0. The Kier molecular flexibility index (Phi) is 29.6. The Morgan fingerprint density at radius 1 is 0.889 bits per heavy atom. The lowest BCUT2D eigenvalue weighted by Crippen LogP contribution is -2.27. The first-order valence-corrected chi connectivity index (χ1v) is 2.15. The maximum absolute atomic E-state index is 5.38. The van der Waals surface area contributed by atoms with Crippen LogP contribution in [0.2, 0.25) is 0 Å². The molecule has 1 rings (SSSR count). The molecule has 1 nitrogen and oxygen atoms in total. The van der Waals surface area contributed by atoms with Crippen molar-refractivity contribution in [2.24, 2.45) is 5.73 Å². The number of nitrogens with two attached hydrogens (primary N) is 1. The van der Waals surface area contributed by atoms with Crippen molar-refractivity contribution in [2.75, 3.05) is 0 Å². The van der Waals surface area contributed by atoms with Gasteiger partial charge in [-0.05, 0) is 12.8 Å². The third-order valence-corrected chi connectivity index (χ3v) is 1.15. The van der Waals surface area contributed by atoms with Crippen molar-refractivity contribution < 1.29 is 0 Å². The molecule has 0 amide bonds. The maximum atomic E-state index is 5.38. The van der Waals surface area contributed by atoms with Crippen molar-refractivity contribution in [1.29, 1.82) is 0 Å². The van der Waals surface area contributed by atoms with Gasteiger partial charge in [-0.2, -0.15) is 0 Å². The number of rotatable bonds is 0. The van der Waals surface area contributed by atoms with Gasteiger partial charge in [-0.1, -0.05) is 6.42 Å². The fourth-order valence-corrected chi connectivity index (χ4v) is 0.440. The molecule has 0 aromatic carbocycles. The van der Waals surface area contributed by atoms with Gasteiger partial charge in [0.25, 0.3) is 0 Å². The Bertz CT molecular complexity index is 39.5. The smallest absolute Gasteiger partial charge is 0.00388 e. The molecular formula is C4H13Cl4N. The van der Waals surface area contributed by atoms with Gasteiger partial charge < -0.3 is 5.73 Å². The van der Waals surface area contributed by atoms with Crippen molar-refractivity contribution >= 4 is 49.6 Å². The van der Waals surface area contributed by atoms with Crippen LogP contribution in [0.4, 0.5) is 0 Å². The monoisotopic (exact) mass is 215 g/mol. The maximum Gasteiger partial charge on any atom is 0.00388 e. The van der Waals surface area contributed by atoms with Crippen LogP contribution in [-0.2, 0) is 0 Å². The second-order valence-corrected chi connectivity index (χ2v) is 1.69. The van der Waals surface area contributed by atoms with Crippen molar-refractivity contribution in [3.8, 4) is 0 Å². The van der Waals surface area contributed by atoms with Gasteiger partial charge in [-0.25, -0.2) is 0 Å². The highest BCUT2D eigenvalue weighted by Crippen LogP contribution is 2.14. The van der Waals surface area contributed by atoms with Gasteiger partial charge in [0.2, 0.25) is 0 Å². The molecule has 0 heterocycles. The number of hydrogen-bond donors (Lipinski definition) is 1. The van der Waals surface area contributed by atoms with Crippen molar-refractivity contribution in [2.45, 2.75) is 25.3 Å². The van der Waals surface area contributed by atoms with Gasteiger partial charge in [-0.3, -0.25) is 0 Å². The van der Waals surface area contributed by atoms with Gasteiger partial charge in [0, 0.05) is 6.04 Å². The molecule has 0 atom stereocenters. The summed E-state index contributed by atoms with van der Waals surface area (Å²) < 4.78 is 0. The summed E-state index contributed by atoms with van der Waals surface area (Å²) in [5.41, 5.74) is 5.38. The molecule has 1 saturated carbocycles. The average molecular weight is 217 g/mol. The highest BCUT2D eigenvalue weighted by atomic mass is 35.5. The first-order valence-electron chi connectivity index (χ1n) is 2.15. The molecule has 0 spiro atoms. The van der Waals surface area contributed by atoms with E-state index < -0.39 is 0 Å². The topological polar surface area (TPSA) is 26.0 Å². The van der Waals surface area contributed by atoms with Gasteiger partial charge >= 0.3 is 0 Å². The zero-order chi connectivity index (χ0) is 3.70. The van der Waals surface area contributed by atoms with E-state index in [1.165, 1.54) is 19.3 Å². The second kappa shape index (κ2) is 11.9. The normalized spacial score (nSPS) is 14.3. The molecule has 1 aliphatic carbocycles. The largest absolute Gasteiger partial charge is 0.328 e. The molecule has 2 N–H and O–H groups in total. The van der Waals surface area contributed by atoms with E-state index in [1.807, 2.05) is 0 Å². The summed E-state index contributed by atoms with van der Waals surface area (Å²) in [6.45, 7) is 0. The van der Waals surface area contributed by atoms with E-state index in [1.54, 1.807) is 0 Å². The SMILES string of the molecule is Cl.Cl.Cl.Cl.NC1CCC1. The Hall–Kier alpha value is 1.12. The van der Waals surface area contributed by atoms with Crippen LogP contribution in [0.15, 0.2) is 0 Å². The van der Waals surface area contributed by atoms with Crippen LogP contribution >= 0.6 is 49.6 Å². The van der Waals surface area contributed by atoms with Crippen molar-refractivity contribution in [3.05, 3.63) is 0 Å². The van der Waals surface area contributed by atoms with E-state index in [0.717, 1.165) is 0 Å². The van der Waals surface area contributed by atoms with Crippen LogP contribution in [-0.4, -0.2) is 6.04 Å². The molecule has 1 aliphatic rings. The van der Waals surface area contributed by atoms with Crippen LogP contribution in [0.1, 0.15) is 19.3 Å². The van der Waals surface area contributed by atoms with Crippen LogP contribution < -0.4 is 5.73 Å². The molecule has 0 aromatic rings. The highest BCUT2D eigenvalue weighted by Gasteiger charge is 2.09. The van der Waals surface area contributed by atoms with Crippen LogP contribution in [0.5, 0.6) is 0 Å². The summed E-state index contributed by atoms with van der Waals surface area (Å²) in [6.07, 6.45) is 3.89. The fourth-order valence-electron chi connectivity index (χ4n) is 0.440. The number of hydrogen-bond acceptors (Lipinski definition) is 1. The van der Waals surface area contributed by atoms with Crippen molar-refractivity contribution in [1.82, 2.24) is 0 Å². The second-order valence-electron chi connectivity index (χ2n) is 1.69. The lowest BCUT2D eigenvalue weighted by Gasteiger charge is -2.18. The third-order valence-electron chi connectivity index (χ3n) is 1.15. The van der Waals surface area contributed by atoms with Gasteiger partial charge in [0.1, 0.15) is 0 Å². The molecular weight excluding hydrogens is 204 g/mol. The van der Waals surface area contributed by atoms with E-state index >= 15 is 0 Å². The van der Waals surface area contributed by atoms with Crippen LogP contribution in [0.25, 0.3) is 0 Å². The minimum atomic E-state index is 0. The Labute approximate surface area is 80.8 Å². The Morgan fingerprint density at radius 2 is 1.11 bits per heavy atom. The standard InChI is InChI=1S/C4H9N.4ClH/c5-4-2-1-3-4;;;;/h4H,1-3,5H2;4*1H. The van der Waals surface area contributed by atoms with E-state index in [0.29, 0.717) is 6.04 Å². The summed E-state index contributed by atoms with van der Waals surface area (Å²) >= 11 is 0. The van der Waals surface area contributed by atoms with Crippen LogP contribution in [0.3, 0.4) is 0 Å². The molecule has 9 heavy (non-hydrogen) atoms. The first kappa shape index (κ1) is 22.5. The first-order chi connectivity index (χ1) is 2.39. The third kappa shape index (κ3) is 9.12. The minimum Gasteiger partial charge on any atom is -0.328 e. The molecule has 0 unspecified atom stereocenters. The predicted molar refractivity (Wildman–Crippen MR) is 50.8 cm³/mol. The van der Waals surface area contributed by atoms with Crippen LogP contribution in [0, 0.1) is 0 Å². The zero-order valence-corrected chi connectivity index (χ0v) is 8.18. The van der Waals surface area contributed by atoms with E-state index in [-0.39, 0.29) is 49.6 Å². The molecule has 62 valence electrons. The molecule has 0 aromatic heterocycles. The lowest BCUT2D eigenvalue weighted by atomic mass is 9.95. The number of halogens is 4. The Balaban J connectivity index is -0.0000000312. The molecule has 1 fully saturated rings. The highest BCUT2D eigenvalue weighted by molar-refractivity contribution is 5.86. The lowest BCUT2D eigenvalue weighted by molar-refractivity contribution is 0.418. The van der Waals surface area contributed by atoms with Gasteiger partial charge in [0.05, 0.1) is 0 Å². The van der Waals surface area contributed by atoms with E-state index in [4.69, 9.17) is 5.73 Å². The summed E-state index contributed by atoms with van der Waals surface area (Å²) in [5.74, 6) is 0. The zero-order valence-electron chi connectivity index (χ0n) is 4.91. The molecule has 5 heteroatoms. The quantitative estimate of drug-likeness (QED) is 0.661. The predicted octanol–water partition coefficient (Wildman–Crippen LogP) is 2.18. The molecule has 0 bridgehead atoms. The molecule has 0 saturated heterocycles. The summed E-state index contributed by atoms with van der Waals surface area (Å²) in [5, 5.41) is 0. The molecule has 0 radical (unpaired) electrons. The summed E-state index contributed by atoms with van der Waals surface area (Å²) in [6, 6.07) is 0.565. The van der Waals surface area contributed by atoms with E-state index in [9.17, 15) is 0 Å². The average Bonchev–Trinajstić information content (AvgIpc) is 1.30. The summed E-state index contributed by atoms with van der Waals surface area (Å²) in [7, 11) is 0. The van der Waals surface area contributed by atoms with Gasteiger partial charge in [-0.15, -0.1) is 49.6 Å². The van der Waals surface area contributed by atoms with Gasteiger partial charge in [0.15, 0.2) is 0 Å². The summed E-state index contributed by atoms with van der Waals surface area (Å²) in [4.78, 5) is 0. The van der Waals surface area contributed by atoms with Crippen molar-refractivity contribution in [3.63, 3.8) is 0 Å². The fraction of sp³-hybridized carbons (Fsp3) is 1.00. The molecule has 0 aliphatic heterocycles. The Morgan fingerprint density at radius 3 is 1.11 bits per heavy atom.